The number of aliphatic hydroxyl groups excluding tert-OH is 2. The van der Waals surface area contributed by atoms with E-state index in [2.05, 4.69) is 0 Å². The number of rotatable bonds is 4. The molecule has 0 aliphatic heterocycles. The van der Waals surface area contributed by atoms with Crippen LogP contribution in [0.4, 0.5) is 0 Å². The van der Waals surface area contributed by atoms with Gasteiger partial charge in [0.2, 0.25) is 0 Å². The average molecular weight is 180 g/mol. The molecule has 2 N–H and O–H groups in total. The molecule has 10 heavy (non-hydrogen) atoms. The summed E-state index contributed by atoms with van der Waals surface area (Å²) in [7, 11) is -0.885. The molecule has 1 unspecified atom stereocenters. The summed E-state index contributed by atoms with van der Waals surface area (Å²) in [6.45, 7) is 3.93. The molecule has 0 bridgehead atoms. The normalized spacial score (nSPS) is 15.6. The minimum atomic E-state index is -1.61. The molecular weight excluding hydrogens is 164 g/mol. The third-order valence-corrected chi connectivity index (χ3v) is 7.37. The Morgan fingerprint density at radius 3 is 2.40 bits per heavy atom. The molecule has 0 heterocycles. The molecule has 1 atom stereocenters. The Balaban J connectivity index is 3.64. The molecule has 0 amide bonds. The lowest BCUT2D eigenvalue weighted by Crippen LogP contribution is -2.35. The second-order valence-corrected chi connectivity index (χ2v) is 8.56. The van der Waals surface area contributed by atoms with Crippen LogP contribution in [0.2, 0.25) is 19.1 Å². The molecule has 0 aromatic heterocycles. The predicted octanol–water partition coefficient (Wildman–Crippen LogP) is -1.16. The summed E-state index contributed by atoms with van der Waals surface area (Å²) in [5.41, 5.74) is 0. The lowest BCUT2D eigenvalue weighted by Gasteiger charge is -2.22. The van der Waals surface area contributed by atoms with Gasteiger partial charge in [0, 0.05) is 0 Å². The third-order valence-electron chi connectivity index (χ3n) is 1.49. The molecule has 0 spiro atoms. The molecule has 0 aliphatic carbocycles. The molecule has 0 aromatic carbocycles. The maximum atomic E-state index is 9.04. The van der Waals surface area contributed by atoms with Crippen molar-refractivity contribution >= 4 is 18.8 Å². The highest BCUT2D eigenvalue weighted by Crippen LogP contribution is 2.11. The summed E-state index contributed by atoms with van der Waals surface area (Å²) in [4.78, 5) is 0. The van der Waals surface area contributed by atoms with E-state index >= 15 is 0 Å². The molecule has 5 heteroatoms. The molecule has 0 aromatic rings. The Kier molecular flexibility index (Phi) is 4.38. The van der Waals surface area contributed by atoms with E-state index in [1.807, 2.05) is 13.1 Å². The highest BCUT2D eigenvalue weighted by Gasteiger charge is 2.23. The van der Waals surface area contributed by atoms with Crippen LogP contribution in [-0.2, 0) is 4.12 Å². The van der Waals surface area contributed by atoms with Crippen molar-refractivity contribution < 1.29 is 14.3 Å². The number of hydrogen-bond acceptors (Lipinski definition) is 3. The van der Waals surface area contributed by atoms with Crippen LogP contribution in [0.5, 0.6) is 0 Å². The van der Waals surface area contributed by atoms with Gasteiger partial charge in [-0.3, -0.25) is 0 Å². The first kappa shape index (κ1) is 10.3. The van der Waals surface area contributed by atoms with Gasteiger partial charge in [-0.1, -0.05) is 0 Å². The predicted molar refractivity (Wildman–Crippen MR) is 46.4 cm³/mol. The van der Waals surface area contributed by atoms with Crippen LogP contribution in [0.25, 0.3) is 0 Å². The van der Waals surface area contributed by atoms with Crippen molar-refractivity contribution in [2.45, 2.75) is 25.2 Å². The van der Waals surface area contributed by atoms with Crippen molar-refractivity contribution in [1.29, 1.82) is 0 Å². The number of aliphatic hydroxyl groups is 2. The van der Waals surface area contributed by atoms with Crippen molar-refractivity contribution in [3.8, 4) is 0 Å². The topological polar surface area (TPSA) is 49.7 Å². The zero-order valence-corrected chi connectivity index (χ0v) is 9.79. The third kappa shape index (κ3) is 4.18. The fourth-order valence-corrected chi connectivity index (χ4v) is 2.65. The smallest absolute Gasteiger partial charge is 0.175 e. The van der Waals surface area contributed by atoms with Gasteiger partial charge in [0.25, 0.3) is 0 Å². The van der Waals surface area contributed by atoms with E-state index in [0.717, 1.165) is 10.5 Å². The molecule has 0 saturated carbocycles. The molecule has 0 rings (SSSR count). The van der Waals surface area contributed by atoms with E-state index < -0.39 is 14.4 Å². The fourth-order valence-electron chi connectivity index (χ4n) is 0.715. The van der Waals surface area contributed by atoms with Gasteiger partial charge in [0.1, 0.15) is 10.5 Å². The van der Waals surface area contributed by atoms with Crippen LogP contribution in [0.15, 0.2) is 0 Å². The van der Waals surface area contributed by atoms with Crippen LogP contribution < -0.4 is 0 Å². The lowest BCUT2D eigenvalue weighted by molar-refractivity contribution is 0.107. The molecule has 3 nitrogen and oxygen atoms in total. The van der Waals surface area contributed by atoms with E-state index in [1.165, 1.54) is 0 Å². The fraction of sp³-hybridized carbons (Fsp3) is 1.00. The molecule has 0 radical (unpaired) electrons. The van der Waals surface area contributed by atoms with E-state index in [-0.39, 0.29) is 6.61 Å². The summed E-state index contributed by atoms with van der Waals surface area (Å²) in [5.74, 6) is 0. The summed E-state index contributed by atoms with van der Waals surface area (Å²) >= 11 is 0. The second-order valence-electron chi connectivity index (χ2n) is 3.00. The average Bonchev–Trinajstić information content (AvgIpc) is 1.87. The van der Waals surface area contributed by atoms with Crippen molar-refractivity contribution in [2.75, 3.05) is 6.61 Å². The number of hydrogen-bond donors (Lipinski definition) is 2. The van der Waals surface area contributed by atoms with Crippen LogP contribution in [0.3, 0.4) is 0 Å². The van der Waals surface area contributed by atoms with Gasteiger partial charge in [0.15, 0.2) is 8.32 Å². The van der Waals surface area contributed by atoms with E-state index in [1.54, 1.807) is 0 Å². The molecule has 0 saturated heterocycles. The van der Waals surface area contributed by atoms with Crippen molar-refractivity contribution in [3.05, 3.63) is 0 Å². The van der Waals surface area contributed by atoms with Gasteiger partial charge in [-0.2, -0.15) is 0 Å². The van der Waals surface area contributed by atoms with Crippen LogP contribution >= 0.6 is 0 Å². The molecular formula is C5H16O3Si2. The van der Waals surface area contributed by atoms with Crippen LogP contribution in [0.1, 0.15) is 0 Å². The Labute approximate surface area is 65.7 Å². The van der Waals surface area contributed by atoms with E-state index in [9.17, 15) is 0 Å². The second kappa shape index (κ2) is 4.25. The molecule has 0 aliphatic rings. The zero-order chi connectivity index (χ0) is 8.20. The summed E-state index contributed by atoms with van der Waals surface area (Å²) in [6, 6.07) is 0.632. The van der Waals surface area contributed by atoms with Crippen molar-refractivity contribution in [2.24, 2.45) is 0 Å². The van der Waals surface area contributed by atoms with E-state index in [4.69, 9.17) is 14.3 Å². The summed E-state index contributed by atoms with van der Waals surface area (Å²) < 4.78 is 5.32. The molecule has 62 valence electrons. The van der Waals surface area contributed by atoms with Crippen molar-refractivity contribution in [1.82, 2.24) is 0 Å². The van der Waals surface area contributed by atoms with Gasteiger partial charge >= 0.3 is 0 Å². The minimum Gasteiger partial charge on any atom is -0.463 e. The maximum absolute atomic E-state index is 9.04. The standard InChI is InChI=1S/C5H16O3Si2/c1-10(2,8-9)4-5(7)3-6/h5-7H,3-4H2,1-2,9H3. The monoisotopic (exact) mass is 180 g/mol. The highest BCUT2D eigenvalue weighted by molar-refractivity contribution is 6.73. The van der Waals surface area contributed by atoms with E-state index in [0.29, 0.717) is 6.04 Å². The van der Waals surface area contributed by atoms with Gasteiger partial charge < -0.3 is 14.3 Å². The lowest BCUT2D eigenvalue weighted by atomic mass is 10.4. The molecule has 0 fully saturated rings. The SMILES string of the molecule is C[Si](C)(CC(O)CO)O[SiH3]. The van der Waals surface area contributed by atoms with Crippen molar-refractivity contribution in [3.63, 3.8) is 0 Å². The van der Waals surface area contributed by atoms with Crippen LogP contribution in [0, 0.1) is 0 Å². The Morgan fingerprint density at radius 2 is 2.10 bits per heavy atom. The minimum absolute atomic E-state index is 0.151. The quantitative estimate of drug-likeness (QED) is 0.537. The first-order chi connectivity index (χ1) is 4.52. The van der Waals surface area contributed by atoms with Gasteiger partial charge in [-0.15, -0.1) is 0 Å². The highest BCUT2D eigenvalue weighted by atomic mass is 28.4. The van der Waals surface area contributed by atoms with Gasteiger partial charge in [0.05, 0.1) is 12.7 Å². The summed E-state index contributed by atoms with van der Waals surface area (Å²) in [6.07, 6.45) is -0.587. The maximum Gasteiger partial charge on any atom is 0.175 e. The van der Waals surface area contributed by atoms with Gasteiger partial charge in [-0.05, 0) is 19.1 Å². The zero-order valence-electron chi connectivity index (χ0n) is 6.79. The van der Waals surface area contributed by atoms with Gasteiger partial charge in [-0.25, -0.2) is 0 Å². The Hall–Kier alpha value is 0.314. The first-order valence-corrected chi connectivity index (χ1v) is 7.29. The largest absolute Gasteiger partial charge is 0.463 e. The Morgan fingerprint density at radius 1 is 1.60 bits per heavy atom. The summed E-state index contributed by atoms with van der Waals surface area (Å²) in [5, 5.41) is 17.6. The van der Waals surface area contributed by atoms with Crippen LogP contribution in [-0.4, -0.2) is 41.7 Å². The Bertz CT molecular complexity index is 96.9. The first-order valence-electron chi connectivity index (χ1n) is 3.36.